The number of hydrogen-bond acceptors (Lipinski definition) is 2. The Morgan fingerprint density at radius 1 is 1.44 bits per heavy atom. The number of benzene rings is 1. The fraction of sp³-hybridized carbons (Fsp3) is 0.500. The highest BCUT2D eigenvalue weighted by Crippen LogP contribution is 2.16. The molecule has 1 aromatic carbocycles. The summed E-state index contributed by atoms with van der Waals surface area (Å²) in [5.41, 5.74) is 2.26. The van der Waals surface area contributed by atoms with E-state index in [4.69, 9.17) is 11.6 Å². The first kappa shape index (κ1) is 13.7. The third-order valence-corrected chi connectivity index (χ3v) is 4.10. The number of halogens is 1. The molecule has 0 aliphatic carbocycles. The van der Waals surface area contributed by atoms with Crippen molar-refractivity contribution < 1.29 is 4.21 Å². The van der Waals surface area contributed by atoms with Gasteiger partial charge in [-0.1, -0.05) is 30.7 Å². The maximum atomic E-state index is 11.2. The summed E-state index contributed by atoms with van der Waals surface area (Å²) in [6, 6.07) is 6.05. The predicted octanol–water partition coefficient (Wildman–Crippen LogP) is 2.51. The highest BCUT2D eigenvalue weighted by molar-refractivity contribution is 7.84. The molecule has 0 fully saturated rings. The van der Waals surface area contributed by atoms with Gasteiger partial charge in [0.25, 0.3) is 0 Å². The van der Waals surface area contributed by atoms with Gasteiger partial charge >= 0.3 is 0 Å². The van der Waals surface area contributed by atoms with E-state index >= 15 is 0 Å². The number of hydrogen-bond donors (Lipinski definition) is 1. The minimum atomic E-state index is -0.681. The summed E-state index contributed by atoms with van der Waals surface area (Å²) in [5, 5.41) is 4.06. The zero-order valence-corrected chi connectivity index (χ0v) is 11.3. The van der Waals surface area contributed by atoms with Gasteiger partial charge in [-0.05, 0) is 24.1 Å². The molecule has 0 aromatic heterocycles. The molecule has 1 atom stereocenters. The minimum Gasteiger partial charge on any atom is -0.312 e. The number of aryl methyl sites for hydroxylation is 1. The Labute approximate surface area is 105 Å². The Morgan fingerprint density at radius 3 is 2.81 bits per heavy atom. The van der Waals surface area contributed by atoms with Crippen molar-refractivity contribution in [2.24, 2.45) is 0 Å². The van der Waals surface area contributed by atoms with Gasteiger partial charge in [0.05, 0.1) is 0 Å². The molecule has 0 spiro atoms. The quantitative estimate of drug-likeness (QED) is 0.796. The summed E-state index contributed by atoms with van der Waals surface area (Å²) < 4.78 is 11.2. The summed E-state index contributed by atoms with van der Waals surface area (Å²) in [6.07, 6.45) is 0. The lowest BCUT2D eigenvalue weighted by molar-refractivity contribution is 0.674. The van der Waals surface area contributed by atoms with Gasteiger partial charge in [-0.2, -0.15) is 0 Å². The van der Waals surface area contributed by atoms with Gasteiger partial charge in [-0.25, -0.2) is 0 Å². The van der Waals surface area contributed by atoms with Crippen LogP contribution >= 0.6 is 11.6 Å². The average molecular weight is 260 g/mol. The summed E-state index contributed by atoms with van der Waals surface area (Å²) in [4.78, 5) is 0. The van der Waals surface area contributed by atoms with Crippen molar-refractivity contribution in [3.8, 4) is 0 Å². The topological polar surface area (TPSA) is 29.1 Å². The van der Waals surface area contributed by atoms with Crippen molar-refractivity contribution in [1.82, 2.24) is 5.32 Å². The largest absolute Gasteiger partial charge is 0.312 e. The van der Waals surface area contributed by atoms with Crippen LogP contribution in [0.5, 0.6) is 0 Å². The Balaban J connectivity index is 2.32. The highest BCUT2D eigenvalue weighted by Gasteiger charge is 1.99. The smallest absolute Gasteiger partial charge is 0.0438 e. The van der Waals surface area contributed by atoms with Gasteiger partial charge < -0.3 is 5.32 Å². The van der Waals surface area contributed by atoms with Gasteiger partial charge in [-0.15, -0.1) is 0 Å². The van der Waals surface area contributed by atoms with E-state index in [0.29, 0.717) is 0 Å². The van der Waals surface area contributed by atoms with Crippen LogP contribution in [0.15, 0.2) is 18.2 Å². The first-order chi connectivity index (χ1) is 7.63. The van der Waals surface area contributed by atoms with Crippen molar-refractivity contribution in [2.75, 3.05) is 18.1 Å². The van der Waals surface area contributed by atoms with Gasteiger partial charge in [0.1, 0.15) is 0 Å². The van der Waals surface area contributed by atoms with Crippen LogP contribution in [0.4, 0.5) is 0 Å². The molecule has 16 heavy (non-hydrogen) atoms. The molecule has 0 saturated carbocycles. The van der Waals surface area contributed by atoms with Crippen LogP contribution in [-0.4, -0.2) is 22.3 Å². The Morgan fingerprint density at radius 2 is 2.19 bits per heavy atom. The van der Waals surface area contributed by atoms with E-state index in [1.165, 1.54) is 0 Å². The molecule has 0 heterocycles. The van der Waals surface area contributed by atoms with E-state index in [-0.39, 0.29) is 0 Å². The lowest BCUT2D eigenvalue weighted by Gasteiger charge is -2.06. The molecule has 0 radical (unpaired) electrons. The first-order valence-electron chi connectivity index (χ1n) is 5.44. The third-order valence-electron chi connectivity index (χ3n) is 2.39. The maximum Gasteiger partial charge on any atom is 0.0438 e. The second kappa shape index (κ2) is 7.05. The molecule has 1 rings (SSSR count). The van der Waals surface area contributed by atoms with Crippen LogP contribution < -0.4 is 5.32 Å². The van der Waals surface area contributed by atoms with E-state index in [9.17, 15) is 4.21 Å². The normalized spacial score (nSPS) is 12.7. The summed E-state index contributed by atoms with van der Waals surface area (Å²) in [6.45, 7) is 5.49. The molecule has 0 bridgehead atoms. The molecule has 1 N–H and O–H groups in total. The fourth-order valence-electron chi connectivity index (χ4n) is 1.31. The molecule has 1 unspecified atom stereocenters. The zero-order chi connectivity index (χ0) is 12.0. The van der Waals surface area contributed by atoms with Gasteiger partial charge in [-0.3, -0.25) is 4.21 Å². The molecule has 0 saturated heterocycles. The van der Waals surface area contributed by atoms with Gasteiger partial charge in [0, 0.05) is 40.4 Å². The molecule has 2 nitrogen and oxygen atoms in total. The van der Waals surface area contributed by atoms with E-state index in [1.807, 2.05) is 26.0 Å². The summed E-state index contributed by atoms with van der Waals surface area (Å²) in [7, 11) is -0.681. The van der Waals surface area contributed by atoms with Crippen molar-refractivity contribution in [2.45, 2.75) is 20.4 Å². The second-order valence-electron chi connectivity index (χ2n) is 3.69. The SMILES string of the molecule is CCS(=O)CCNCc1ccc(C)c(Cl)c1. The zero-order valence-electron chi connectivity index (χ0n) is 9.75. The number of nitrogens with one attached hydrogen (secondary N) is 1. The Kier molecular flexibility index (Phi) is 6.03. The first-order valence-corrected chi connectivity index (χ1v) is 7.30. The highest BCUT2D eigenvalue weighted by atomic mass is 35.5. The van der Waals surface area contributed by atoms with E-state index in [2.05, 4.69) is 11.4 Å². The molecular formula is C12H18ClNOS. The van der Waals surface area contributed by atoms with Crippen molar-refractivity contribution in [3.63, 3.8) is 0 Å². The van der Waals surface area contributed by atoms with E-state index in [0.717, 1.165) is 40.7 Å². The van der Waals surface area contributed by atoms with Crippen molar-refractivity contribution in [1.29, 1.82) is 0 Å². The van der Waals surface area contributed by atoms with Gasteiger partial charge in [0.15, 0.2) is 0 Å². The average Bonchev–Trinajstić information content (AvgIpc) is 2.28. The second-order valence-corrected chi connectivity index (χ2v) is 5.97. The molecule has 90 valence electrons. The minimum absolute atomic E-state index is 0.681. The van der Waals surface area contributed by atoms with Crippen LogP contribution in [0, 0.1) is 6.92 Å². The standard InChI is InChI=1S/C12H18ClNOS/c1-3-16(15)7-6-14-9-11-5-4-10(2)12(13)8-11/h4-5,8,14H,3,6-7,9H2,1-2H3. The van der Waals surface area contributed by atoms with Crippen LogP contribution in [0.3, 0.4) is 0 Å². The lowest BCUT2D eigenvalue weighted by Crippen LogP contribution is -2.20. The Bertz CT molecular complexity index is 368. The van der Waals surface area contributed by atoms with E-state index < -0.39 is 10.8 Å². The maximum absolute atomic E-state index is 11.2. The fourth-order valence-corrected chi connectivity index (χ4v) is 2.17. The van der Waals surface area contributed by atoms with Crippen LogP contribution in [0.25, 0.3) is 0 Å². The van der Waals surface area contributed by atoms with Crippen molar-refractivity contribution in [3.05, 3.63) is 34.3 Å². The van der Waals surface area contributed by atoms with E-state index in [1.54, 1.807) is 0 Å². The molecule has 4 heteroatoms. The van der Waals surface area contributed by atoms with Gasteiger partial charge in [0.2, 0.25) is 0 Å². The Hall–Kier alpha value is -0.380. The molecule has 0 aliphatic heterocycles. The number of rotatable bonds is 6. The monoisotopic (exact) mass is 259 g/mol. The predicted molar refractivity (Wildman–Crippen MR) is 71.4 cm³/mol. The molecule has 0 aliphatic rings. The van der Waals surface area contributed by atoms with Crippen LogP contribution in [0.1, 0.15) is 18.1 Å². The van der Waals surface area contributed by atoms with Crippen molar-refractivity contribution >= 4 is 22.4 Å². The summed E-state index contributed by atoms with van der Waals surface area (Å²) >= 11 is 6.02. The van der Waals surface area contributed by atoms with Crippen LogP contribution in [0.2, 0.25) is 5.02 Å². The molecule has 0 amide bonds. The van der Waals surface area contributed by atoms with Crippen LogP contribution in [-0.2, 0) is 17.3 Å². The summed E-state index contributed by atoms with van der Waals surface area (Å²) in [5.74, 6) is 1.45. The lowest BCUT2D eigenvalue weighted by atomic mass is 10.1. The molecular weight excluding hydrogens is 242 g/mol. The molecule has 1 aromatic rings. The third kappa shape index (κ3) is 4.64.